The average Bonchev–Trinajstić information content (AvgIpc) is 2.76. The third-order valence-electron chi connectivity index (χ3n) is 4.86. The quantitative estimate of drug-likeness (QED) is 0.639. The molecule has 168 valence electrons. The third-order valence-corrected chi connectivity index (χ3v) is 4.86. The molecule has 0 unspecified atom stereocenters. The molecule has 0 radical (unpaired) electrons. The molecule has 0 aliphatic rings. The van der Waals surface area contributed by atoms with Gasteiger partial charge in [0.15, 0.2) is 11.5 Å². The molecule has 0 heterocycles. The van der Waals surface area contributed by atoms with E-state index in [4.69, 9.17) is 14.2 Å². The van der Waals surface area contributed by atoms with Crippen LogP contribution in [-0.4, -0.2) is 39.7 Å². The SMILES string of the molecule is COc1cc(CNC(=O)CCNC(=O)c2ccc(C(C)(C)C)cc2)cc(OC)c1OC. The Bertz CT molecular complexity index is 876. The van der Waals surface area contributed by atoms with Crippen LogP contribution in [0.4, 0.5) is 0 Å². The van der Waals surface area contributed by atoms with Crippen LogP contribution in [0.3, 0.4) is 0 Å². The van der Waals surface area contributed by atoms with Crippen molar-refractivity contribution < 1.29 is 23.8 Å². The van der Waals surface area contributed by atoms with Gasteiger partial charge >= 0.3 is 0 Å². The van der Waals surface area contributed by atoms with Crippen LogP contribution in [0, 0.1) is 0 Å². The summed E-state index contributed by atoms with van der Waals surface area (Å²) in [5.74, 6) is 1.18. The van der Waals surface area contributed by atoms with Gasteiger partial charge in [-0.05, 0) is 40.8 Å². The number of hydrogen-bond acceptors (Lipinski definition) is 5. The van der Waals surface area contributed by atoms with Crippen LogP contribution in [0.5, 0.6) is 17.2 Å². The molecule has 0 spiro atoms. The highest BCUT2D eigenvalue weighted by atomic mass is 16.5. The van der Waals surface area contributed by atoms with Crippen molar-refractivity contribution in [3.8, 4) is 17.2 Å². The fraction of sp³-hybridized carbons (Fsp3) is 0.417. The summed E-state index contributed by atoms with van der Waals surface area (Å²) in [6, 6.07) is 11.1. The van der Waals surface area contributed by atoms with Crippen molar-refractivity contribution in [3.05, 3.63) is 53.1 Å². The highest BCUT2D eigenvalue weighted by Crippen LogP contribution is 2.38. The fourth-order valence-electron chi connectivity index (χ4n) is 3.04. The van der Waals surface area contributed by atoms with Gasteiger partial charge in [-0.25, -0.2) is 0 Å². The summed E-state index contributed by atoms with van der Waals surface area (Å²) >= 11 is 0. The molecule has 31 heavy (non-hydrogen) atoms. The van der Waals surface area contributed by atoms with Gasteiger partial charge in [-0.15, -0.1) is 0 Å². The fourth-order valence-corrected chi connectivity index (χ4v) is 3.04. The zero-order chi connectivity index (χ0) is 23.0. The molecule has 2 rings (SSSR count). The highest BCUT2D eigenvalue weighted by molar-refractivity contribution is 5.94. The summed E-state index contributed by atoms with van der Waals surface area (Å²) in [7, 11) is 4.62. The van der Waals surface area contributed by atoms with Crippen LogP contribution in [0.15, 0.2) is 36.4 Å². The second-order valence-electron chi connectivity index (χ2n) is 8.14. The molecule has 0 fully saturated rings. The van der Waals surface area contributed by atoms with Crippen LogP contribution in [0.2, 0.25) is 0 Å². The van der Waals surface area contributed by atoms with E-state index in [1.807, 2.05) is 12.1 Å². The summed E-state index contributed by atoms with van der Waals surface area (Å²) in [4.78, 5) is 24.5. The number of carbonyl (C=O) groups is 2. The van der Waals surface area contributed by atoms with Crippen molar-refractivity contribution in [2.45, 2.75) is 39.2 Å². The Hall–Kier alpha value is -3.22. The first-order chi connectivity index (χ1) is 14.7. The molecule has 0 saturated carbocycles. The van der Waals surface area contributed by atoms with Crippen molar-refractivity contribution in [1.29, 1.82) is 0 Å². The van der Waals surface area contributed by atoms with Gasteiger partial charge in [-0.1, -0.05) is 32.9 Å². The van der Waals surface area contributed by atoms with Crippen molar-refractivity contribution in [2.75, 3.05) is 27.9 Å². The third kappa shape index (κ3) is 6.64. The highest BCUT2D eigenvalue weighted by Gasteiger charge is 2.15. The Morgan fingerprint density at radius 3 is 1.94 bits per heavy atom. The number of carbonyl (C=O) groups excluding carboxylic acids is 2. The maximum absolute atomic E-state index is 12.3. The predicted molar refractivity (Wildman–Crippen MR) is 120 cm³/mol. The van der Waals surface area contributed by atoms with Crippen molar-refractivity contribution >= 4 is 11.8 Å². The number of hydrogen-bond donors (Lipinski definition) is 2. The molecule has 7 heteroatoms. The Labute approximate surface area is 184 Å². The zero-order valence-corrected chi connectivity index (χ0v) is 19.1. The first-order valence-corrected chi connectivity index (χ1v) is 10.1. The van der Waals surface area contributed by atoms with E-state index in [1.165, 1.54) is 7.11 Å². The topological polar surface area (TPSA) is 85.9 Å². The number of amides is 2. The first kappa shape index (κ1) is 24.1. The number of nitrogens with one attached hydrogen (secondary N) is 2. The number of methoxy groups -OCH3 is 3. The molecule has 0 aliphatic carbocycles. The van der Waals surface area contributed by atoms with Crippen molar-refractivity contribution in [3.63, 3.8) is 0 Å². The van der Waals surface area contributed by atoms with E-state index in [0.29, 0.717) is 29.4 Å². The Balaban J connectivity index is 1.84. The van der Waals surface area contributed by atoms with Gasteiger partial charge in [-0.2, -0.15) is 0 Å². The lowest BCUT2D eigenvalue weighted by Gasteiger charge is -2.19. The van der Waals surface area contributed by atoms with Gasteiger partial charge in [0.25, 0.3) is 5.91 Å². The smallest absolute Gasteiger partial charge is 0.251 e. The van der Waals surface area contributed by atoms with Crippen LogP contribution in [0.1, 0.15) is 48.7 Å². The monoisotopic (exact) mass is 428 g/mol. The summed E-state index contributed by atoms with van der Waals surface area (Å²) in [5, 5.41) is 5.62. The Morgan fingerprint density at radius 1 is 0.871 bits per heavy atom. The summed E-state index contributed by atoms with van der Waals surface area (Å²) in [6.07, 6.45) is 0.177. The average molecular weight is 429 g/mol. The Kier molecular flexibility index (Phi) is 8.30. The minimum atomic E-state index is -0.196. The molecule has 0 bridgehead atoms. The van der Waals surface area contributed by atoms with Crippen LogP contribution in [-0.2, 0) is 16.8 Å². The summed E-state index contributed by atoms with van der Waals surface area (Å²) < 4.78 is 15.9. The van der Waals surface area contributed by atoms with Gasteiger partial charge in [0.2, 0.25) is 11.7 Å². The maximum Gasteiger partial charge on any atom is 0.251 e. The zero-order valence-electron chi connectivity index (χ0n) is 19.1. The van der Waals surface area contributed by atoms with Gasteiger partial charge in [-0.3, -0.25) is 9.59 Å². The summed E-state index contributed by atoms with van der Waals surface area (Å²) in [5.41, 5.74) is 2.58. The molecule has 2 amide bonds. The van der Waals surface area contributed by atoms with E-state index in [0.717, 1.165) is 11.1 Å². The molecule has 2 aromatic carbocycles. The summed E-state index contributed by atoms with van der Waals surface area (Å²) in [6.45, 7) is 6.93. The first-order valence-electron chi connectivity index (χ1n) is 10.1. The van der Waals surface area contributed by atoms with E-state index in [2.05, 4.69) is 31.4 Å². The maximum atomic E-state index is 12.3. The molecule has 7 nitrogen and oxygen atoms in total. The lowest BCUT2D eigenvalue weighted by Crippen LogP contribution is -2.30. The van der Waals surface area contributed by atoms with Gasteiger partial charge in [0.05, 0.1) is 21.3 Å². The standard InChI is InChI=1S/C24H32N2O5/c1-24(2,3)18-9-7-17(8-10-18)23(28)25-12-11-21(27)26-15-16-13-19(29-4)22(31-6)20(14-16)30-5/h7-10,13-14H,11-12,15H2,1-6H3,(H,25,28)(H,26,27). The minimum absolute atomic E-state index is 0.0328. The second-order valence-corrected chi connectivity index (χ2v) is 8.14. The van der Waals surface area contributed by atoms with Gasteiger partial charge < -0.3 is 24.8 Å². The van der Waals surface area contributed by atoms with Crippen molar-refractivity contribution in [1.82, 2.24) is 10.6 Å². The lowest BCUT2D eigenvalue weighted by atomic mass is 9.87. The van der Waals surface area contributed by atoms with E-state index < -0.39 is 0 Å². The molecular weight excluding hydrogens is 396 g/mol. The predicted octanol–water partition coefficient (Wildman–Crippen LogP) is 3.45. The van der Waals surface area contributed by atoms with E-state index >= 15 is 0 Å². The lowest BCUT2D eigenvalue weighted by molar-refractivity contribution is -0.121. The van der Waals surface area contributed by atoms with Crippen LogP contribution >= 0.6 is 0 Å². The molecule has 2 aromatic rings. The molecule has 0 saturated heterocycles. The van der Waals surface area contributed by atoms with Gasteiger partial charge in [0.1, 0.15) is 0 Å². The van der Waals surface area contributed by atoms with E-state index in [1.54, 1.807) is 38.5 Å². The molecular formula is C24H32N2O5. The van der Waals surface area contributed by atoms with E-state index in [9.17, 15) is 9.59 Å². The number of ether oxygens (including phenoxy) is 3. The molecule has 0 atom stereocenters. The van der Waals surface area contributed by atoms with E-state index in [-0.39, 0.29) is 30.2 Å². The molecule has 0 aromatic heterocycles. The normalized spacial score (nSPS) is 10.9. The van der Waals surface area contributed by atoms with Crippen LogP contribution < -0.4 is 24.8 Å². The number of benzene rings is 2. The Morgan fingerprint density at radius 2 is 1.45 bits per heavy atom. The minimum Gasteiger partial charge on any atom is -0.493 e. The second kappa shape index (κ2) is 10.7. The van der Waals surface area contributed by atoms with Gasteiger partial charge in [0, 0.05) is 25.1 Å². The number of rotatable bonds is 9. The molecule has 2 N–H and O–H groups in total. The largest absolute Gasteiger partial charge is 0.493 e. The van der Waals surface area contributed by atoms with Crippen LogP contribution in [0.25, 0.3) is 0 Å². The molecule has 0 aliphatic heterocycles. The van der Waals surface area contributed by atoms with Crippen molar-refractivity contribution in [2.24, 2.45) is 0 Å².